The molecule has 1 unspecified atom stereocenters. The van der Waals surface area contributed by atoms with Gasteiger partial charge >= 0.3 is 0 Å². The molecule has 2 nitrogen and oxygen atoms in total. The van der Waals surface area contributed by atoms with E-state index >= 15 is 0 Å². The lowest BCUT2D eigenvalue weighted by molar-refractivity contribution is 0.251. The Bertz CT molecular complexity index is 319. The lowest BCUT2D eigenvalue weighted by atomic mass is 10.3. The summed E-state index contributed by atoms with van der Waals surface area (Å²) in [5, 5.41) is 8.59. The quantitative estimate of drug-likeness (QED) is 0.714. The Balaban J connectivity index is 2.69. The predicted molar refractivity (Wildman–Crippen MR) is 46.7 cm³/mol. The van der Waals surface area contributed by atoms with Crippen LogP contribution in [0.3, 0.4) is 0 Å². The number of hydrogen-bond donors (Lipinski definition) is 0. The number of ether oxygens (including phenoxy) is 1. The van der Waals surface area contributed by atoms with Crippen molar-refractivity contribution >= 4 is 0 Å². The highest BCUT2D eigenvalue weighted by Gasteiger charge is 2.05. The van der Waals surface area contributed by atoms with Crippen molar-refractivity contribution in [3.63, 3.8) is 0 Å². The van der Waals surface area contributed by atoms with E-state index in [1.165, 1.54) is 12.1 Å². The van der Waals surface area contributed by atoms with Crippen LogP contribution in [0, 0.1) is 17.1 Å². The highest BCUT2D eigenvalue weighted by atomic mass is 19.1. The van der Waals surface area contributed by atoms with E-state index in [1.54, 1.807) is 12.1 Å². The second-order valence-electron chi connectivity index (χ2n) is 2.60. The van der Waals surface area contributed by atoms with Gasteiger partial charge in [0.1, 0.15) is 17.6 Å². The van der Waals surface area contributed by atoms with Gasteiger partial charge in [0.05, 0.1) is 0 Å². The Morgan fingerprint density at radius 2 is 2.38 bits per heavy atom. The molecule has 0 aliphatic rings. The third kappa shape index (κ3) is 2.75. The van der Waals surface area contributed by atoms with Crippen LogP contribution >= 0.6 is 0 Å². The van der Waals surface area contributed by atoms with Crippen LogP contribution in [0.25, 0.3) is 0 Å². The van der Waals surface area contributed by atoms with E-state index in [0.29, 0.717) is 12.2 Å². The molecule has 0 radical (unpaired) electrons. The second-order valence-corrected chi connectivity index (χ2v) is 2.60. The highest BCUT2D eigenvalue weighted by Crippen LogP contribution is 2.14. The first-order valence-corrected chi connectivity index (χ1v) is 4.08. The standard InChI is InChI=1S/C10H10FNO/c1-2-9(7-12)13-10-5-3-4-8(11)6-10/h3-6,9H,2H2,1H3. The number of benzene rings is 1. The molecule has 0 saturated carbocycles. The number of rotatable bonds is 3. The molecule has 1 atom stereocenters. The van der Waals surface area contributed by atoms with Crippen molar-refractivity contribution in [2.45, 2.75) is 19.4 Å². The van der Waals surface area contributed by atoms with Gasteiger partial charge < -0.3 is 4.74 Å². The molecule has 0 bridgehead atoms. The molecular weight excluding hydrogens is 169 g/mol. The van der Waals surface area contributed by atoms with Crippen molar-refractivity contribution in [2.24, 2.45) is 0 Å². The van der Waals surface area contributed by atoms with Crippen molar-refractivity contribution in [2.75, 3.05) is 0 Å². The van der Waals surface area contributed by atoms with Crippen molar-refractivity contribution in [1.29, 1.82) is 5.26 Å². The molecule has 13 heavy (non-hydrogen) atoms. The van der Waals surface area contributed by atoms with Crippen molar-refractivity contribution in [3.05, 3.63) is 30.1 Å². The highest BCUT2D eigenvalue weighted by molar-refractivity contribution is 5.23. The molecule has 0 aliphatic heterocycles. The van der Waals surface area contributed by atoms with Crippen LogP contribution in [0.5, 0.6) is 5.75 Å². The van der Waals surface area contributed by atoms with Gasteiger partial charge in [-0.1, -0.05) is 13.0 Å². The molecule has 3 heteroatoms. The Hall–Kier alpha value is -1.56. The molecular formula is C10H10FNO. The molecule has 1 aromatic rings. The zero-order valence-corrected chi connectivity index (χ0v) is 7.33. The van der Waals surface area contributed by atoms with Crippen molar-refractivity contribution in [1.82, 2.24) is 0 Å². The molecule has 1 rings (SSSR count). The summed E-state index contributed by atoms with van der Waals surface area (Å²) in [5.41, 5.74) is 0. The van der Waals surface area contributed by atoms with Crippen molar-refractivity contribution in [3.8, 4) is 11.8 Å². The zero-order valence-electron chi connectivity index (χ0n) is 7.33. The monoisotopic (exact) mass is 179 g/mol. The molecule has 1 aromatic carbocycles. The smallest absolute Gasteiger partial charge is 0.184 e. The van der Waals surface area contributed by atoms with E-state index < -0.39 is 6.10 Å². The van der Waals surface area contributed by atoms with Gasteiger partial charge in [0.15, 0.2) is 6.10 Å². The lowest BCUT2D eigenvalue weighted by Crippen LogP contribution is -2.12. The Morgan fingerprint density at radius 1 is 1.62 bits per heavy atom. The molecule has 68 valence electrons. The van der Waals surface area contributed by atoms with Gasteiger partial charge in [0, 0.05) is 6.07 Å². The van der Waals surface area contributed by atoms with Crippen LogP contribution in [-0.2, 0) is 0 Å². The summed E-state index contributed by atoms with van der Waals surface area (Å²) in [6.45, 7) is 1.84. The summed E-state index contributed by atoms with van der Waals surface area (Å²) in [6, 6.07) is 7.75. The lowest BCUT2D eigenvalue weighted by Gasteiger charge is -2.09. The van der Waals surface area contributed by atoms with E-state index in [2.05, 4.69) is 0 Å². The number of hydrogen-bond acceptors (Lipinski definition) is 2. The van der Waals surface area contributed by atoms with Gasteiger partial charge in [-0.05, 0) is 18.6 Å². The number of nitriles is 1. The molecule has 0 saturated heterocycles. The molecule has 0 aromatic heterocycles. The average Bonchev–Trinajstić information content (AvgIpc) is 2.14. The second kappa shape index (κ2) is 4.46. The number of halogens is 1. The van der Waals surface area contributed by atoms with Crippen LogP contribution < -0.4 is 4.74 Å². The minimum Gasteiger partial charge on any atom is -0.475 e. The Morgan fingerprint density at radius 3 is 2.92 bits per heavy atom. The summed E-state index contributed by atoms with van der Waals surface area (Å²) in [6.07, 6.45) is 0.0920. The fourth-order valence-corrected chi connectivity index (χ4v) is 0.906. The fraction of sp³-hybridized carbons (Fsp3) is 0.300. The first kappa shape index (κ1) is 9.53. The third-order valence-corrected chi connectivity index (χ3v) is 1.59. The van der Waals surface area contributed by atoms with E-state index in [1.807, 2.05) is 13.0 Å². The van der Waals surface area contributed by atoms with Crippen LogP contribution in [-0.4, -0.2) is 6.10 Å². The maximum absolute atomic E-state index is 12.7. The maximum Gasteiger partial charge on any atom is 0.184 e. The molecule has 0 spiro atoms. The summed E-state index contributed by atoms with van der Waals surface area (Å²) >= 11 is 0. The topological polar surface area (TPSA) is 33.0 Å². The van der Waals surface area contributed by atoms with E-state index in [9.17, 15) is 4.39 Å². The minimum absolute atomic E-state index is 0.356. The van der Waals surface area contributed by atoms with E-state index in [0.717, 1.165) is 0 Å². The van der Waals surface area contributed by atoms with Crippen LogP contribution in [0.15, 0.2) is 24.3 Å². The predicted octanol–water partition coefficient (Wildman–Crippen LogP) is 2.51. The van der Waals surface area contributed by atoms with Crippen LogP contribution in [0.2, 0.25) is 0 Å². The normalized spacial score (nSPS) is 11.8. The Kier molecular flexibility index (Phi) is 3.27. The van der Waals surface area contributed by atoms with Crippen LogP contribution in [0.1, 0.15) is 13.3 Å². The van der Waals surface area contributed by atoms with Gasteiger partial charge in [0.2, 0.25) is 0 Å². The fourth-order valence-electron chi connectivity index (χ4n) is 0.906. The van der Waals surface area contributed by atoms with Gasteiger partial charge in [-0.15, -0.1) is 0 Å². The van der Waals surface area contributed by atoms with Gasteiger partial charge in [0.25, 0.3) is 0 Å². The largest absolute Gasteiger partial charge is 0.475 e. The molecule has 0 fully saturated rings. The average molecular weight is 179 g/mol. The first-order chi connectivity index (χ1) is 6.26. The van der Waals surface area contributed by atoms with E-state index in [4.69, 9.17) is 10.00 Å². The van der Waals surface area contributed by atoms with Gasteiger partial charge in [-0.25, -0.2) is 4.39 Å². The molecule has 0 N–H and O–H groups in total. The Labute approximate surface area is 76.6 Å². The minimum atomic E-state index is -0.498. The summed E-state index contributed by atoms with van der Waals surface area (Å²) in [4.78, 5) is 0. The van der Waals surface area contributed by atoms with Gasteiger partial charge in [-0.2, -0.15) is 5.26 Å². The van der Waals surface area contributed by atoms with Crippen molar-refractivity contribution < 1.29 is 9.13 Å². The first-order valence-electron chi connectivity index (χ1n) is 4.08. The molecule has 0 heterocycles. The zero-order chi connectivity index (χ0) is 9.68. The molecule has 0 aliphatic carbocycles. The SMILES string of the molecule is CCC(C#N)Oc1cccc(F)c1. The summed E-state index contributed by atoms with van der Waals surface area (Å²) < 4.78 is 17.9. The number of nitrogens with zero attached hydrogens (tertiary/aromatic N) is 1. The van der Waals surface area contributed by atoms with Crippen LogP contribution in [0.4, 0.5) is 4.39 Å². The summed E-state index contributed by atoms with van der Waals surface area (Å²) in [5.74, 6) is 0.0405. The maximum atomic E-state index is 12.7. The summed E-state index contributed by atoms with van der Waals surface area (Å²) in [7, 11) is 0. The van der Waals surface area contributed by atoms with E-state index in [-0.39, 0.29) is 5.82 Å². The molecule has 0 amide bonds. The van der Waals surface area contributed by atoms with Gasteiger partial charge in [-0.3, -0.25) is 0 Å². The third-order valence-electron chi connectivity index (χ3n) is 1.59.